The fourth-order valence-corrected chi connectivity index (χ4v) is 1.94. The molecule has 0 aliphatic heterocycles. The summed E-state index contributed by atoms with van der Waals surface area (Å²) in [4.78, 5) is 22.1. The highest BCUT2D eigenvalue weighted by Crippen LogP contribution is 2.22. The largest absolute Gasteiger partial charge is 0.497 e. The first kappa shape index (κ1) is 14.9. The summed E-state index contributed by atoms with van der Waals surface area (Å²) < 4.78 is 5.21. The Morgan fingerprint density at radius 1 is 1.33 bits per heavy atom. The molecule has 1 aromatic heterocycles. The smallest absolute Gasteiger partial charge is 0.261 e. The van der Waals surface area contributed by atoms with E-state index in [1.807, 2.05) is 24.3 Å². The van der Waals surface area contributed by atoms with Gasteiger partial charge in [-0.1, -0.05) is 6.07 Å². The van der Waals surface area contributed by atoms with Crippen LogP contribution in [0.2, 0.25) is 0 Å². The third-order valence-electron chi connectivity index (χ3n) is 3.00. The van der Waals surface area contributed by atoms with Crippen molar-refractivity contribution >= 4 is 11.6 Å². The number of rotatable bonds is 6. The third kappa shape index (κ3) is 3.76. The topological polar surface area (TPSA) is 81.3 Å². The van der Waals surface area contributed by atoms with Gasteiger partial charge in [0, 0.05) is 30.7 Å². The van der Waals surface area contributed by atoms with Crippen LogP contribution in [0.5, 0.6) is 5.75 Å². The van der Waals surface area contributed by atoms with Crippen LogP contribution in [0.3, 0.4) is 0 Å². The van der Waals surface area contributed by atoms with Crippen molar-refractivity contribution in [3.63, 3.8) is 0 Å². The van der Waals surface area contributed by atoms with Gasteiger partial charge in [0.15, 0.2) is 0 Å². The predicted octanol–water partition coefficient (Wildman–Crippen LogP) is 1.48. The van der Waals surface area contributed by atoms with Crippen LogP contribution in [-0.4, -0.2) is 36.1 Å². The van der Waals surface area contributed by atoms with E-state index in [-0.39, 0.29) is 5.91 Å². The minimum atomic E-state index is -0.155. The van der Waals surface area contributed by atoms with Crippen molar-refractivity contribution in [1.82, 2.24) is 9.97 Å². The molecule has 1 aromatic carbocycles. The van der Waals surface area contributed by atoms with Crippen LogP contribution in [0.4, 0.5) is 5.69 Å². The Kier molecular flexibility index (Phi) is 5.22. The van der Waals surface area contributed by atoms with Gasteiger partial charge in [-0.3, -0.25) is 4.79 Å². The van der Waals surface area contributed by atoms with E-state index in [1.165, 1.54) is 18.7 Å². The second-order valence-electron chi connectivity index (χ2n) is 4.43. The lowest BCUT2D eigenvalue weighted by molar-refractivity contribution is 0.0986. The second kappa shape index (κ2) is 7.35. The number of hydrogen-bond donors (Lipinski definition) is 1. The van der Waals surface area contributed by atoms with E-state index in [0.29, 0.717) is 30.8 Å². The van der Waals surface area contributed by atoms with E-state index >= 15 is 0 Å². The van der Waals surface area contributed by atoms with Crippen molar-refractivity contribution in [3.8, 4) is 5.75 Å². The van der Waals surface area contributed by atoms with E-state index in [9.17, 15) is 4.79 Å². The Labute approximate surface area is 123 Å². The number of methoxy groups -OCH3 is 1. The molecule has 1 heterocycles. The minimum absolute atomic E-state index is 0.155. The Morgan fingerprint density at radius 2 is 2.10 bits per heavy atom. The molecule has 0 spiro atoms. The maximum Gasteiger partial charge on any atom is 0.261 e. The first-order valence-electron chi connectivity index (χ1n) is 6.67. The van der Waals surface area contributed by atoms with Crippen molar-refractivity contribution in [2.75, 3.05) is 25.1 Å². The molecule has 2 aromatic rings. The summed E-state index contributed by atoms with van der Waals surface area (Å²) >= 11 is 0. The lowest BCUT2D eigenvalue weighted by Gasteiger charge is -2.23. The molecule has 0 fully saturated rings. The standard InChI is InChI=1S/C15H18N4O2/c1-21-14-5-2-4-13(8-14)19(7-3-6-16)15(20)12-9-17-11-18-10-12/h2,4-5,8-11H,3,6-7,16H2,1H3. The molecule has 21 heavy (non-hydrogen) atoms. The molecular formula is C15H18N4O2. The Morgan fingerprint density at radius 3 is 2.76 bits per heavy atom. The number of hydrogen-bond acceptors (Lipinski definition) is 5. The van der Waals surface area contributed by atoms with Gasteiger partial charge in [0.25, 0.3) is 5.91 Å². The van der Waals surface area contributed by atoms with Gasteiger partial charge >= 0.3 is 0 Å². The molecule has 0 aliphatic carbocycles. The molecule has 1 amide bonds. The van der Waals surface area contributed by atoms with Gasteiger partial charge in [-0.05, 0) is 25.1 Å². The molecule has 0 unspecified atom stereocenters. The summed E-state index contributed by atoms with van der Waals surface area (Å²) in [6.07, 6.45) is 5.11. The lowest BCUT2D eigenvalue weighted by Crippen LogP contribution is -2.33. The predicted molar refractivity (Wildman–Crippen MR) is 80.4 cm³/mol. The average Bonchev–Trinajstić information content (AvgIpc) is 2.56. The number of aromatic nitrogens is 2. The SMILES string of the molecule is COc1cccc(N(CCCN)C(=O)c2cncnc2)c1. The quantitative estimate of drug-likeness (QED) is 0.870. The highest BCUT2D eigenvalue weighted by Gasteiger charge is 2.18. The molecule has 2 N–H and O–H groups in total. The molecule has 6 nitrogen and oxygen atoms in total. The normalized spacial score (nSPS) is 10.2. The van der Waals surface area contributed by atoms with Gasteiger partial charge in [-0.15, -0.1) is 0 Å². The fourth-order valence-electron chi connectivity index (χ4n) is 1.94. The van der Waals surface area contributed by atoms with Gasteiger partial charge in [-0.25, -0.2) is 9.97 Å². The summed E-state index contributed by atoms with van der Waals surface area (Å²) in [5, 5.41) is 0. The summed E-state index contributed by atoms with van der Waals surface area (Å²) in [6, 6.07) is 7.36. The number of amides is 1. The fraction of sp³-hybridized carbons (Fsp3) is 0.267. The molecular weight excluding hydrogens is 268 g/mol. The summed E-state index contributed by atoms with van der Waals surface area (Å²) in [7, 11) is 1.59. The Balaban J connectivity index is 2.31. The minimum Gasteiger partial charge on any atom is -0.497 e. The molecule has 0 bridgehead atoms. The number of carbonyl (C=O) groups excluding carboxylic acids is 1. The first-order chi connectivity index (χ1) is 10.3. The van der Waals surface area contributed by atoms with Crippen LogP contribution in [0, 0.1) is 0 Å². The Bertz CT molecular complexity index is 589. The molecule has 0 saturated heterocycles. The zero-order valence-electron chi connectivity index (χ0n) is 11.9. The highest BCUT2D eigenvalue weighted by atomic mass is 16.5. The van der Waals surface area contributed by atoms with Crippen molar-refractivity contribution in [2.24, 2.45) is 5.73 Å². The van der Waals surface area contributed by atoms with E-state index in [4.69, 9.17) is 10.5 Å². The van der Waals surface area contributed by atoms with Crippen LogP contribution in [0.25, 0.3) is 0 Å². The van der Waals surface area contributed by atoms with Crippen molar-refractivity contribution < 1.29 is 9.53 Å². The van der Waals surface area contributed by atoms with Crippen LogP contribution in [-0.2, 0) is 0 Å². The molecule has 110 valence electrons. The third-order valence-corrected chi connectivity index (χ3v) is 3.00. The summed E-state index contributed by atoms with van der Waals surface area (Å²) in [5.41, 5.74) is 6.77. The van der Waals surface area contributed by atoms with Gasteiger partial charge < -0.3 is 15.4 Å². The number of anilines is 1. The average molecular weight is 286 g/mol. The number of ether oxygens (including phenoxy) is 1. The van der Waals surface area contributed by atoms with Gasteiger partial charge in [0.2, 0.25) is 0 Å². The van der Waals surface area contributed by atoms with E-state index in [2.05, 4.69) is 9.97 Å². The van der Waals surface area contributed by atoms with Gasteiger partial charge in [0.1, 0.15) is 12.1 Å². The van der Waals surface area contributed by atoms with Gasteiger partial charge in [-0.2, -0.15) is 0 Å². The van der Waals surface area contributed by atoms with Crippen molar-refractivity contribution in [1.29, 1.82) is 0 Å². The second-order valence-corrected chi connectivity index (χ2v) is 4.43. The van der Waals surface area contributed by atoms with Gasteiger partial charge in [0.05, 0.1) is 12.7 Å². The van der Waals surface area contributed by atoms with Crippen LogP contribution < -0.4 is 15.4 Å². The molecule has 6 heteroatoms. The number of nitrogens with zero attached hydrogens (tertiary/aromatic N) is 3. The van der Waals surface area contributed by atoms with Crippen LogP contribution in [0.1, 0.15) is 16.8 Å². The maximum absolute atomic E-state index is 12.6. The van der Waals surface area contributed by atoms with E-state index in [1.54, 1.807) is 12.0 Å². The number of carbonyl (C=O) groups is 1. The number of nitrogens with two attached hydrogens (primary N) is 1. The molecule has 0 saturated carbocycles. The van der Waals surface area contributed by atoms with E-state index < -0.39 is 0 Å². The zero-order valence-corrected chi connectivity index (χ0v) is 11.9. The van der Waals surface area contributed by atoms with Crippen LogP contribution in [0.15, 0.2) is 43.0 Å². The number of benzene rings is 1. The molecule has 2 rings (SSSR count). The molecule has 0 aliphatic rings. The van der Waals surface area contributed by atoms with Crippen LogP contribution >= 0.6 is 0 Å². The summed E-state index contributed by atoms with van der Waals surface area (Å²) in [5.74, 6) is 0.541. The van der Waals surface area contributed by atoms with E-state index in [0.717, 1.165) is 5.69 Å². The lowest BCUT2D eigenvalue weighted by atomic mass is 10.2. The molecule has 0 atom stereocenters. The maximum atomic E-state index is 12.6. The summed E-state index contributed by atoms with van der Waals surface area (Å²) in [6.45, 7) is 1.04. The zero-order chi connectivity index (χ0) is 15.1. The molecule has 0 radical (unpaired) electrons. The monoisotopic (exact) mass is 286 g/mol. The van der Waals surface area contributed by atoms with Crippen molar-refractivity contribution in [2.45, 2.75) is 6.42 Å². The Hall–Kier alpha value is -2.47. The first-order valence-corrected chi connectivity index (χ1v) is 6.67. The highest BCUT2D eigenvalue weighted by molar-refractivity contribution is 6.05. The van der Waals surface area contributed by atoms with Crippen molar-refractivity contribution in [3.05, 3.63) is 48.5 Å².